The first-order valence-corrected chi connectivity index (χ1v) is 4.85. The van der Waals surface area contributed by atoms with E-state index in [2.05, 4.69) is 5.32 Å². The molecular formula is C10H11ClN2O3. The monoisotopic (exact) mass is 242 g/mol. The van der Waals surface area contributed by atoms with E-state index in [1.165, 1.54) is 25.2 Å². The van der Waals surface area contributed by atoms with Gasteiger partial charge in [-0.05, 0) is 18.2 Å². The Kier molecular flexibility index (Phi) is 4.13. The molecule has 86 valence electrons. The van der Waals surface area contributed by atoms with Crippen LogP contribution in [0.4, 0.5) is 5.69 Å². The second-order valence-corrected chi connectivity index (χ2v) is 3.42. The lowest BCUT2D eigenvalue weighted by atomic mass is 10.2. The van der Waals surface area contributed by atoms with Gasteiger partial charge in [-0.15, -0.1) is 0 Å². The Morgan fingerprint density at radius 3 is 2.75 bits per heavy atom. The average molecular weight is 243 g/mol. The number of amides is 1. The number of likely N-dealkylation sites (N-methyl/N-ethyl adjacent to an activating group) is 1. The molecule has 0 spiro atoms. The number of hydrogen-bond donors (Lipinski definition) is 2. The van der Waals surface area contributed by atoms with Crippen LogP contribution in [-0.4, -0.2) is 25.5 Å². The number of benzene rings is 1. The molecule has 6 heteroatoms. The highest BCUT2D eigenvalue weighted by Gasteiger charge is 2.12. The van der Waals surface area contributed by atoms with Gasteiger partial charge in [0.1, 0.15) is 0 Å². The Labute approximate surface area is 97.5 Å². The number of carbonyl (C=O) groups is 2. The van der Waals surface area contributed by atoms with Crippen LogP contribution in [0.15, 0.2) is 18.2 Å². The Morgan fingerprint density at radius 1 is 1.50 bits per heavy atom. The lowest BCUT2D eigenvalue weighted by Gasteiger charge is -2.06. The standard InChI is InChI=1S/C10H11ClN2O3/c1-13-9(14)5-16-10(15)7-3-2-6(11)4-8(7)12/h2-4H,5,12H2,1H3,(H,13,14). The first-order chi connectivity index (χ1) is 7.54. The van der Waals surface area contributed by atoms with Gasteiger partial charge in [-0.2, -0.15) is 0 Å². The number of esters is 1. The predicted molar refractivity (Wildman–Crippen MR) is 60.2 cm³/mol. The lowest BCUT2D eigenvalue weighted by Crippen LogP contribution is -2.25. The molecule has 0 heterocycles. The summed E-state index contributed by atoms with van der Waals surface area (Å²) in [5.74, 6) is -1.04. The SMILES string of the molecule is CNC(=O)COC(=O)c1ccc(Cl)cc1N. The maximum Gasteiger partial charge on any atom is 0.340 e. The molecule has 0 aromatic heterocycles. The molecule has 1 aromatic carbocycles. The minimum Gasteiger partial charge on any atom is -0.452 e. The van der Waals surface area contributed by atoms with E-state index in [-0.39, 0.29) is 23.8 Å². The highest BCUT2D eigenvalue weighted by molar-refractivity contribution is 6.31. The second-order valence-electron chi connectivity index (χ2n) is 2.98. The van der Waals surface area contributed by atoms with Crippen LogP contribution in [0.1, 0.15) is 10.4 Å². The van der Waals surface area contributed by atoms with Gasteiger partial charge in [0.2, 0.25) is 0 Å². The number of nitrogen functional groups attached to an aromatic ring is 1. The molecule has 5 nitrogen and oxygen atoms in total. The second kappa shape index (κ2) is 5.37. The van der Waals surface area contributed by atoms with Gasteiger partial charge >= 0.3 is 5.97 Å². The van der Waals surface area contributed by atoms with Crippen molar-refractivity contribution in [3.63, 3.8) is 0 Å². The highest BCUT2D eigenvalue weighted by Crippen LogP contribution is 2.18. The van der Waals surface area contributed by atoms with Gasteiger partial charge in [0.15, 0.2) is 6.61 Å². The normalized spacial score (nSPS) is 9.62. The maximum atomic E-state index is 11.5. The smallest absolute Gasteiger partial charge is 0.340 e. The summed E-state index contributed by atoms with van der Waals surface area (Å²) < 4.78 is 4.73. The van der Waals surface area contributed by atoms with Crippen LogP contribution in [0.5, 0.6) is 0 Å². The third-order valence-electron chi connectivity index (χ3n) is 1.85. The van der Waals surface area contributed by atoms with Crippen LogP contribution in [0, 0.1) is 0 Å². The van der Waals surface area contributed by atoms with E-state index < -0.39 is 5.97 Å². The van der Waals surface area contributed by atoms with Gasteiger partial charge in [-0.25, -0.2) is 4.79 Å². The van der Waals surface area contributed by atoms with Crippen LogP contribution < -0.4 is 11.1 Å². The van der Waals surface area contributed by atoms with Crippen molar-refractivity contribution < 1.29 is 14.3 Å². The number of nitrogens with one attached hydrogen (secondary N) is 1. The van der Waals surface area contributed by atoms with Crippen molar-refractivity contribution in [3.8, 4) is 0 Å². The summed E-state index contributed by atoms with van der Waals surface area (Å²) in [6.07, 6.45) is 0. The quantitative estimate of drug-likeness (QED) is 0.608. The van der Waals surface area contributed by atoms with Gasteiger partial charge in [-0.1, -0.05) is 11.6 Å². The fourth-order valence-corrected chi connectivity index (χ4v) is 1.18. The average Bonchev–Trinajstić information content (AvgIpc) is 2.25. The first-order valence-electron chi connectivity index (χ1n) is 4.47. The molecule has 0 aliphatic heterocycles. The number of rotatable bonds is 3. The minimum absolute atomic E-state index is 0.188. The van der Waals surface area contributed by atoms with Gasteiger partial charge in [-0.3, -0.25) is 4.79 Å². The summed E-state index contributed by atoms with van der Waals surface area (Å²) in [4.78, 5) is 22.3. The molecule has 0 saturated carbocycles. The Bertz CT molecular complexity index is 421. The molecule has 0 radical (unpaired) electrons. The fraction of sp³-hybridized carbons (Fsp3) is 0.200. The fourth-order valence-electron chi connectivity index (χ4n) is 1.00. The van der Waals surface area contributed by atoms with Crippen LogP contribution in [-0.2, 0) is 9.53 Å². The van der Waals surface area contributed by atoms with Crippen LogP contribution in [0.25, 0.3) is 0 Å². The first kappa shape index (κ1) is 12.3. The molecule has 3 N–H and O–H groups in total. The number of ether oxygens (including phenoxy) is 1. The van der Waals surface area contributed by atoms with Gasteiger partial charge < -0.3 is 15.8 Å². The van der Waals surface area contributed by atoms with Crippen molar-refractivity contribution in [1.82, 2.24) is 5.32 Å². The zero-order chi connectivity index (χ0) is 12.1. The van der Waals surface area contributed by atoms with E-state index in [9.17, 15) is 9.59 Å². The summed E-state index contributed by atoms with van der Waals surface area (Å²) in [7, 11) is 1.45. The summed E-state index contributed by atoms with van der Waals surface area (Å²) >= 11 is 5.68. The molecule has 0 aliphatic rings. The van der Waals surface area contributed by atoms with E-state index in [1.807, 2.05) is 0 Å². The summed E-state index contributed by atoms with van der Waals surface area (Å²) in [5, 5.41) is 2.76. The van der Waals surface area contributed by atoms with Gasteiger partial charge in [0.05, 0.1) is 5.56 Å². The lowest BCUT2D eigenvalue weighted by molar-refractivity contribution is -0.123. The Hall–Kier alpha value is -1.75. The van der Waals surface area contributed by atoms with E-state index in [0.717, 1.165) is 0 Å². The molecule has 16 heavy (non-hydrogen) atoms. The van der Waals surface area contributed by atoms with Crippen LogP contribution >= 0.6 is 11.6 Å². The van der Waals surface area contributed by atoms with Crippen molar-refractivity contribution in [3.05, 3.63) is 28.8 Å². The summed E-state index contributed by atoms with van der Waals surface area (Å²) in [6.45, 7) is -0.336. The summed E-state index contributed by atoms with van der Waals surface area (Å²) in [5.41, 5.74) is 5.98. The van der Waals surface area contributed by atoms with Crippen LogP contribution in [0.2, 0.25) is 5.02 Å². The topological polar surface area (TPSA) is 81.4 Å². The van der Waals surface area contributed by atoms with E-state index >= 15 is 0 Å². The molecule has 0 atom stereocenters. The number of nitrogens with two attached hydrogens (primary N) is 1. The molecule has 0 saturated heterocycles. The van der Waals surface area contributed by atoms with Crippen molar-refractivity contribution in [2.75, 3.05) is 19.4 Å². The maximum absolute atomic E-state index is 11.5. The number of anilines is 1. The Morgan fingerprint density at radius 2 is 2.19 bits per heavy atom. The third kappa shape index (κ3) is 3.13. The van der Waals surface area contributed by atoms with Crippen molar-refractivity contribution in [1.29, 1.82) is 0 Å². The number of carbonyl (C=O) groups excluding carboxylic acids is 2. The van der Waals surface area contributed by atoms with Gasteiger partial charge in [0.25, 0.3) is 5.91 Å². The molecule has 1 aromatic rings. The molecular weight excluding hydrogens is 232 g/mol. The minimum atomic E-state index is -0.655. The summed E-state index contributed by atoms with van der Waals surface area (Å²) in [6, 6.07) is 4.41. The third-order valence-corrected chi connectivity index (χ3v) is 2.08. The molecule has 1 rings (SSSR count). The van der Waals surface area contributed by atoms with Gasteiger partial charge in [0, 0.05) is 17.8 Å². The molecule has 1 amide bonds. The predicted octanol–water partition coefficient (Wildman–Crippen LogP) is 0.825. The molecule has 0 unspecified atom stereocenters. The van der Waals surface area contributed by atoms with E-state index in [1.54, 1.807) is 0 Å². The van der Waals surface area contributed by atoms with E-state index in [4.69, 9.17) is 22.1 Å². The molecule has 0 bridgehead atoms. The van der Waals surface area contributed by atoms with Crippen molar-refractivity contribution >= 4 is 29.2 Å². The molecule has 0 aliphatic carbocycles. The van der Waals surface area contributed by atoms with E-state index in [0.29, 0.717) is 5.02 Å². The number of halogens is 1. The molecule has 0 fully saturated rings. The Balaban J connectivity index is 2.70. The van der Waals surface area contributed by atoms with Crippen molar-refractivity contribution in [2.24, 2.45) is 0 Å². The highest BCUT2D eigenvalue weighted by atomic mass is 35.5. The largest absolute Gasteiger partial charge is 0.452 e. The zero-order valence-electron chi connectivity index (χ0n) is 8.62. The van der Waals surface area contributed by atoms with Crippen molar-refractivity contribution in [2.45, 2.75) is 0 Å². The zero-order valence-corrected chi connectivity index (χ0v) is 9.38. The number of hydrogen-bond acceptors (Lipinski definition) is 4. The van der Waals surface area contributed by atoms with Crippen LogP contribution in [0.3, 0.4) is 0 Å².